The van der Waals surface area contributed by atoms with Gasteiger partial charge in [-0.1, -0.05) is 6.42 Å². The standard InChI is InChI=1S/C16H32N2O2/c1-7-20-15(19)16(6,17-12(2)3)11-18-13(4)9-8-10-14(18)5/h12-14,17H,7-11H2,1-6H3/t13-,14+,16?. The van der Waals surface area contributed by atoms with Crippen LogP contribution in [0.2, 0.25) is 0 Å². The first-order valence-electron chi connectivity index (χ1n) is 8.00. The number of rotatable bonds is 6. The Balaban J connectivity index is 2.84. The first-order chi connectivity index (χ1) is 9.30. The zero-order valence-electron chi connectivity index (χ0n) is 14.0. The van der Waals surface area contributed by atoms with Crippen molar-refractivity contribution >= 4 is 5.97 Å². The second-order valence-electron chi connectivity index (χ2n) is 6.65. The highest BCUT2D eigenvalue weighted by Gasteiger charge is 2.40. The van der Waals surface area contributed by atoms with Crippen LogP contribution in [0.15, 0.2) is 0 Å². The van der Waals surface area contributed by atoms with E-state index in [9.17, 15) is 4.79 Å². The summed E-state index contributed by atoms with van der Waals surface area (Å²) in [6.07, 6.45) is 3.71. The Bertz CT molecular complexity index is 310. The predicted molar refractivity (Wildman–Crippen MR) is 82.8 cm³/mol. The Hall–Kier alpha value is -0.610. The van der Waals surface area contributed by atoms with Gasteiger partial charge in [0.25, 0.3) is 0 Å². The van der Waals surface area contributed by atoms with Crippen molar-refractivity contribution in [3.63, 3.8) is 0 Å². The maximum absolute atomic E-state index is 12.4. The van der Waals surface area contributed by atoms with E-state index in [1.54, 1.807) is 0 Å². The van der Waals surface area contributed by atoms with Crippen LogP contribution in [0.3, 0.4) is 0 Å². The average molecular weight is 284 g/mol. The predicted octanol–water partition coefficient (Wildman–Crippen LogP) is 2.57. The molecule has 20 heavy (non-hydrogen) atoms. The van der Waals surface area contributed by atoms with Crippen molar-refractivity contribution in [2.75, 3.05) is 13.2 Å². The van der Waals surface area contributed by atoms with E-state index in [4.69, 9.17) is 4.74 Å². The number of nitrogens with one attached hydrogen (secondary N) is 1. The Labute approximate surface area is 124 Å². The first kappa shape index (κ1) is 17.4. The van der Waals surface area contributed by atoms with Crippen LogP contribution in [-0.4, -0.2) is 47.7 Å². The van der Waals surface area contributed by atoms with Gasteiger partial charge >= 0.3 is 5.97 Å². The number of esters is 1. The molecule has 1 N–H and O–H groups in total. The minimum Gasteiger partial charge on any atom is -0.465 e. The summed E-state index contributed by atoms with van der Waals surface area (Å²) in [7, 11) is 0. The Kier molecular flexibility index (Phi) is 6.46. The molecule has 4 heteroatoms. The van der Waals surface area contributed by atoms with Gasteiger partial charge in [-0.2, -0.15) is 0 Å². The van der Waals surface area contributed by atoms with Crippen LogP contribution in [0.1, 0.15) is 60.8 Å². The molecule has 1 saturated heterocycles. The number of ether oxygens (including phenoxy) is 1. The SMILES string of the molecule is CCOC(=O)C(C)(CN1[C@H](C)CCC[C@@H]1C)NC(C)C. The molecule has 1 unspecified atom stereocenters. The van der Waals surface area contributed by atoms with Crippen LogP contribution >= 0.6 is 0 Å². The largest absolute Gasteiger partial charge is 0.465 e. The number of carbonyl (C=O) groups is 1. The summed E-state index contributed by atoms with van der Waals surface area (Å²) in [5, 5.41) is 3.41. The molecule has 3 atom stereocenters. The quantitative estimate of drug-likeness (QED) is 0.761. The van der Waals surface area contributed by atoms with Crippen LogP contribution < -0.4 is 5.32 Å². The third-order valence-electron chi connectivity index (χ3n) is 4.21. The van der Waals surface area contributed by atoms with Crippen molar-refractivity contribution in [1.82, 2.24) is 10.2 Å². The molecule has 0 aromatic heterocycles. The molecular weight excluding hydrogens is 252 g/mol. The minimum absolute atomic E-state index is 0.140. The summed E-state index contributed by atoms with van der Waals surface area (Å²) in [4.78, 5) is 14.8. The molecule has 0 bridgehead atoms. The summed E-state index contributed by atoms with van der Waals surface area (Å²) < 4.78 is 5.29. The number of nitrogens with zero attached hydrogens (tertiary/aromatic N) is 1. The lowest BCUT2D eigenvalue weighted by Crippen LogP contribution is -2.62. The molecule has 0 radical (unpaired) electrons. The van der Waals surface area contributed by atoms with E-state index in [-0.39, 0.29) is 12.0 Å². The molecule has 4 nitrogen and oxygen atoms in total. The van der Waals surface area contributed by atoms with Crippen LogP contribution in [0.4, 0.5) is 0 Å². The molecule has 0 spiro atoms. The number of carbonyl (C=O) groups excluding carboxylic acids is 1. The van der Waals surface area contributed by atoms with Crippen LogP contribution in [0, 0.1) is 0 Å². The molecule has 1 aliphatic heterocycles. The maximum Gasteiger partial charge on any atom is 0.327 e. The molecule has 1 aliphatic rings. The lowest BCUT2D eigenvalue weighted by molar-refractivity contribution is -0.152. The molecule has 1 fully saturated rings. The lowest BCUT2D eigenvalue weighted by atomic mass is 9.92. The maximum atomic E-state index is 12.4. The van der Waals surface area contributed by atoms with E-state index in [0.29, 0.717) is 25.2 Å². The minimum atomic E-state index is -0.635. The first-order valence-corrected chi connectivity index (χ1v) is 8.00. The van der Waals surface area contributed by atoms with Gasteiger partial charge in [-0.05, 0) is 54.4 Å². The fourth-order valence-electron chi connectivity index (χ4n) is 3.25. The molecule has 0 amide bonds. The van der Waals surface area contributed by atoms with Gasteiger partial charge in [-0.15, -0.1) is 0 Å². The van der Waals surface area contributed by atoms with Crippen molar-refractivity contribution in [1.29, 1.82) is 0 Å². The summed E-state index contributed by atoms with van der Waals surface area (Å²) >= 11 is 0. The van der Waals surface area contributed by atoms with Gasteiger partial charge in [-0.3, -0.25) is 15.0 Å². The highest BCUT2D eigenvalue weighted by atomic mass is 16.5. The number of hydrogen-bond donors (Lipinski definition) is 1. The number of likely N-dealkylation sites (tertiary alicyclic amines) is 1. The third-order valence-corrected chi connectivity index (χ3v) is 4.21. The zero-order valence-corrected chi connectivity index (χ0v) is 14.0. The molecule has 0 aromatic rings. The van der Waals surface area contributed by atoms with Crippen molar-refractivity contribution in [2.24, 2.45) is 0 Å². The van der Waals surface area contributed by atoms with Gasteiger partial charge in [0.2, 0.25) is 0 Å². The second kappa shape index (κ2) is 7.41. The van der Waals surface area contributed by atoms with E-state index in [0.717, 1.165) is 0 Å². The molecule has 0 aliphatic carbocycles. The normalized spacial score (nSPS) is 27.4. The second-order valence-corrected chi connectivity index (χ2v) is 6.65. The molecular formula is C16H32N2O2. The monoisotopic (exact) mass is 284 g/mol. The van der Waals surface area contributed by atoms with Crippen LogP contribution in [0.5, 0.6) is 0 Å². The van der Waals surface area contributed by atoms with Gasteiger partial charge in [-0.25, -0.2) is 0 Å². The highest BCUT2D eigenvalue weighted by Crippen LogP contribution is 2.25. The fraction of sp³-hybridized carbons (Fsp3) is 0.938. The highest BCUT2D eigenvalue weighted by molar-refractivity contribution is 5.80. The van der Waals surface area contributed by atoms with Crippen LogP contribution in [0.25, 0.3) is 0 Å². The van der Waals surface area contributed by atoms with E-state index in [1.165, 1.54) is 19.3 Å². The Morgan fingerprint density at radius 1 is 1.35 bits per heavy atom. The zero-order chi connectivity index (χ0) is 15.3. The van der Waals surface area contributed by atoms with Crippen molar-refractivity contribution in [3.8, 4) is 0 Å². The summed E-state index contributed by atoms with van der Waals surface area (Å²) in [5.74, 6) is -0.140. The van der Waals surface area contributed by atoms with E-state index in [1.807, 2.05) is 13.8 Å². The number of piperidine rings is 1. The van der Waals surface area contributed by atoms with Crippen molar-refractivity contribution in [2.45, 2.75) is 84.5 Å². The van der Waals surface area contributed by atoms with Gasteiger partial charge in [0.1, 0.15) is 5.54 Å². The number of hydrogen-bond acceptors (Lipinski definition) is 4. The van der Waals surface area contributed by atoms with Crippen LogP contribution in [-0.2, 0) is 9.53 Å². The van der Waals surface area contributed by atoms with Gasteiger partial charge < -0.3 is 4.74 Å². The van der Waals surface area contributed by atoms with E-state index >= 15 is 0 Å². The lowest BCUT2D eigenvalue weighted by Gasteiger charge is -2.44. The third kappa shape index (κ3) is 4.45. The summed E-state index contributed by atoms with van der Waals surface area (Å²) in [6, 6.07) is 1.31. The van der Waals surface area contributed by atoms with Crippen molar-refractivity contribution in [3.05, 3.63) is 0 Å². The molecule has 0 aromatic carbocycles. The van der Waals surface area contributed by atoms with E-state index < -0.39 is 5.54 Å². The van der Waals surface area contributed by atoms with E-state index in [2.05, 4.69) is 37.9 Å². The van der Waals surface area contributed by atoms with Gasteiger partial charge in [0.05, 0.1) is 6.61 Å². The fourth-order valence-corrected chi connectivity index (χ4v) is 3.25. The molecule has 1 heterocycles. The molecule has 118 valence electrons. The summed E-state index contributed by atoms with van der Waals surface area (Å²) in [6.45, 7) is 13.6. The Morgan fingerprint density at radius 3 is 2.35 bits per heavy atom. The average Bonchev–Trinajstić information content (AvgIpc) is 2.33. The molecule has 1 rings (SSSR count). The Morgan fingerprint density at radius 2 is 1.90 bits per heavy atom. The van der Waals surface area contributed by atoms with Gasteiger partial charge in [0, 0.05) is 24.7 Å². The van der Waals surface area contributed by atoms with Crippen molar-refractivity contribution < 1.29 is 9.53 Å². The smallest absolute Gasteiger partial charge is 0.327 e. The molecule has 0 saturated carbocycles. The topological polar surface area (TPSA) is 41.6 Å². The summed E-state index contributed by atoms with van der Waals surface area (Å²) in [5.41, 5.74) is -0.635. The van der Waals surface area contributed by atoms with Gasteiger partial charge in [0.15, 0.2) is 0 Å².